The zero-order chi connectivity index (χ0) is 11.6. The van der Waals surface area contributed by atoms with Gasteiger partial charge >= 0.3 is 0 Å². The first-order valence-electron chi connectivity index (χ1n) is 5.41. The van der Waals surface area contributed by atoms with Crippen molar-refractivity contribution in [3.05, 3.63) is 24.9 Å². The Balaban J connectivity index is 2.84. The summed E-state index contributed by atoms with van der Waals surface area (Å²) in [5, 5.41) is 9.84. The minimum absolute atomic E-state index is 0.130. The monoisotopic (exact) mass is 210 g/mol. The number of aliphatic hydroxyl groups is 1. The molecule has 1 fully saturated rings. The second-order valence-electron chi connectivity index (χ2n) is 4.44. The normalized spacial score (nSPS) is 28.2. The molecule has 0 amide bonds. The van der Waals surface area contributed by atoms with Gasteiger partial charge in [0, 0.05) is 18.3 Å². The van der Waals surface area contributed by atoms with Gasteiger partial charge in [0.25, 0.3) is 0 Å². The molecule has 1 rings (SSSR count). The average molecular weight is 210 g/mol. The van der Waals surface area contributed by atoms with Crippen molar-refractivity contribution in [2.24, 2.45) is 0 Å². The van der Waals surface area contributed by atoms with Crippen LogP contribution in [-0.2, 0) is 0 Å². The van der Waals surface area contributed by atoms with Crippen LogP contribution in [-0.4, -0.2) is 53.7 Å². The molecule has 1 saturated heterocycles. The van der Waals surface area contributed by atoms with Gasteiger partial charge in [0.1, 0.15) is 0 Å². The summed E-state index contributed by atoms with van der Waals surface area (Å²) in [5.41, 5.74) is 0.908. The van der Waals surface area contributed by atoms with Crippen LogP contribution in [0.15, 0.2) is 24.9 Å². The van der Waals surface area contributed by atoms with Crippen LogP contribution in [0.5, 0.6) is 0 Å². The molecule has 3 atom stereocenters. The van der Waals surface area contributed by atoms with Gasteiger partial charge in [-0.1, -0.05) is 13.2 Å². The van der Waals surface area contributed by atoms with E-state index >= 15 is 0 Å². The summed E-state index contributed by atoms with van der Waals surface area (Å²) in [7, 11) is 4.11. The number of aliphatic hydroxyl groups excluding tert-OH is 1. The third kappa shape index (κ3) is 2.41. The molecule has 0 aromatic rings. The highest BCUT2D eigenvalue weighted by atomic mass is 16.3. The van der Waals surface area contributed by atoms with Crippen molar-refractivity contribution in [2.45, 2.75) is 31.5 Å². The second-order valence-corrected chi connectivity index (χ2v) is 4.44. The van der Waals surface area contributed by atoms with E-state index in [9.17, 15) is 5.11 Å². The van der Waals surface area contributed by atoms with E-state index in [-0.39, 0.29) is 12.1 Å². The highest BCUT2D eigenvalue weighted by Crippen LogP contribution is 2.27. The highest BCUT2D eigenvalue weighted by Gasteiger charge is 2.38. The van der Waals surface area contributed by atoms with Crippen LogP contribution in [0.3, 0.4) is 0 Å². The van der Waals surface area contributed by atoms with Crippen molar-refractivity contribution in [3.63, 3.8) is 0 Å². The predicted octanol–water partition coefficient (Wildman–Crippen LogP) is 1.07. The fourth-order valence-corrected chi connectivity index (χ4v) is 2.40. The van der Waals surface area contributed by atoms with Crippen molar-refractivity contribution < 1.29 is 5.11 Å². The number of likely N-dealkylation sites (N-methyl/N-ethyl adjacent to an activating group) is 1. The molecule has 0 aromatic heterocycles. The molecule has 0 saturated carbocycles. The van der Waals surface area contributed by atoms with Crippen LogP contribution < -0.4 is 0 Å². The molecule has 1 N–H and O–H groups in total. The molecule has 1 heterocycles. The third-order valence-electron chi connectivity index (χ3n) is 3.18. The summed E-state index contributed by atoms with van der Waals surface area (Å²) >= 11 is 0. The molecule has 0 aliphatic carbocycles. The van der Waals surface area contributed by atoms with Crippen LogP contribution in [0.4, 0.5) is 0 Å². The third-order valence-corrected chi connectivity index (χ3v) is 3.18. The molecule has 86 valence electrons. The lowest BCUT2D eigenvalue weighted by molar-refractivity contribution is 0.0708. The molecule has 0 aromatic carbocycles. The van der Waals surface area contributed by atoms with Crippen LogP contribution in [0.2, 0.25) is 0 Å². The maximum Gasteiger partial charge on any atom is 0.0730 e. The number of hydrogen-bond acceptors (Lipinski definition) is 3. The Labute approximate surface area is 92.7 Å². The fraction of sp³-hybridized carbons (Fsp3) is 0.667. The van der Waals surface area contributed by atoms with E-state index in [1.54, 1.807) is 6.08 Å². The van der Waals surface area contributed by atoms with Crippen LogP contribution >= 0.6 is 0 Å². The minimum atomic E-state index is -0.350. The lowest BCUT2D eigenvalue weighted by atomic mass is 10.0. The second kappa shape index (κ2) is 4.81. The SMILES string of the molecule is C=CC(=C)N1CCC(N(C)C)C1C(C)O. The lowest BCUT2D eigenvalue weighted by Gasteiger charge is -2.34. The Morgan fingerprint density at radius 3 is 2.60 bits per heavy atom. The van der Waals surface area contributed by atoms with Crippen molar-refractivity contribution in [1.29, 1.82) is 0 Å². The van der Waals surface area contributed by atoms with Gasteiger partial charge in [-0.15, -0.1) is 0 Å². The van der Waals surface area contributed by atoms with Crippen molar-refractivity contribution >= 4 is 0 Å². The van der Waals surface area contributed by atoms with E-state index in [0.29, 0.717) is 6.04 Å². The molecular formula is C12H22N2O. The van der Waals surface area contributed by atoms with Gasteiger partial charge in [-0.2, -0.15) is 0 Å². The molecule has 0 bridgehead atoms. The van der Waals surface area contributed by atoms with E-state index in [4.69, 9.17) is 0 Å². The smallest absolute Gasteiger partial charge is 0.0730 e. The molecule has 3 unspecified atom stereocenters. The minimum Gasteiger partial charge on any atom is -0.391 e. The first-order valence-corrected chi connectivity index (χ1v) is 5.41. The van der Waals surface area contributed by atoms with Gasteiger partial charge in [-0.25, -0.2) is 0 Å². The average Bonchev–Trinajstić information content (AvgIpc) is 2.60. The van der Waals surface area contributed by atoms with Crippen LogP contribution in [0, 0.1) is 0 Å². The molecular weight excluding hydrogens is 188 g/mol. The Morgan fingerprint density at radius 2 is 2.20 bits per heavy atom. The van der Waals surface area contributed by atoms with Gasteiger partial charge in [0.2, 0.25) is 0 Å². The summed E-state index contributed by atoms with van der Waals surface area (Å²) in [6.07, 6.45) is 2.47. The van der Waals surface area contributed by atoms with E-state index in [1.165, 1.54) is 0 Å². The maximum absolute atomic E-state index is 9.84. The zero-order valence-electron chi connectivity index (χ0n) is 9.98. The fourth-order valence-electron chi connectivity index (χ4n) is 2.40. The summed E-state index contributed by atoms with van der Waals surface area (Å²) in [6, 6.07) is 0.521. The molecule has 3 nitrogen and oxygen atoms in total. The number of nitrogens with zero attached hydrogens (tertiary/aromatic N) is 2. The Hall–Kier alpha value is -0.800. The molecule has 0 radical (unpaired) electrons. The summed E-state index contributed by atoms with van der Waals surface area (Å²) in [5.74, 6) is 0. The summed E-state index contributed by atoms with van der Waals surface area (Å²) in [4.78, 5) is 4.33. The number of rotatable bonds is 4. The first-order chi connectivity index (χ1) is 6.99. The van der Waals surface area contributed by atoms with Gasteiger partial charge < -0.3 is 14.9 Å². The topological polar surface area (TPSA) is 26.7 Å². The Kier molecular flexibility index (Phi) is 3.94. The molecule has 0 spiro atoms. The van der Waals surface area contributed by atoms with E-state index < -0.39 is 0 Å². The molecule has 1 aliphatic heterocycles. The van der Waals surface area contributed by atoms with E-state index in [1.807, 2.05) is 6.92 Å². The van der Waals surface area contributed by atoms with Crippen LogP contribution in [0.25, 0.3) is 0 Å². The summed E-state index contributed by atoms with van der Waals surface area (Å²) in [6.45, 7) is 10.5. The van der Waals surface area contributed by atoms with E-state index in [0.717, 1.165) is 18.7 Å². The van der Waals surface area contributed by atoms with Crippen molar-refractivity contribution in [3.8, 4) is 0 Å². The summed E-state index contributed by atoms with van der Waals surface area (Å²) < 4.78 is 0. The molecule has 15 heavy (non-hydrogen) atoms. The number of likely N-dealkylation sites (tertiary alicyclic amines) is 1. The first kappa shape index (κ1) is 12.3. The quantitative estimate of drug-likeness (QED) is 0.703. The zero-order valence-corrected chi connectivity index (χ0v) is 9.98. The number of hydrogen-bond donors (Lipinski definition) is 1. The highest BCUT2D eigenvalue weighted by molar-refractivity contribution is 5.15. The Bertz CT molecular complexity index is 248. The largest absolute Gasteiger partial charge is 0.391 e. The van der Waals surface area contributed by atoms with Gasteiger partial charge in [0.15, 0.2) is 0 Å². The standard InChI is InChI=1S/C12H22N2O/c1-6-9(2)14-8-7-11(13(4)5)12(14)10(3)15/h6,10-12,15H,1-2,7-8H2,3-5H3. The van der Waals surface area contributed by atoms with Gasteiger partial charge in [-0.3, -0.25) is 0 Å². The van der Waals surface area contributed by atoms with E-state index in [2.05, 4.69) is 37.1 Å². The molecule has 3 heteroatoms. The van der Waals surface area contributed by atoms with Crippen LogP contribution in [0.1, 0.15) is 13.3 Å². The predicted molar refractivity (Wildman–Crippen MR) is 63.6 cm³/mol. The lowest BCUT2D eigenvalue weighted by Crippen LogP contribution is -2.47. The molecule has 1 aliphatic rings. The van der Waals surface area contributed by atoms with Gasteiger partial charge in [-0.05, 0) is 33.5 Å². The van der Waals surface area contributed by atoms with Gasteiger partial charge in [0.05, 0.1) is 12.1 Å². The maximum atomic E-state index is 9.84. The number of allylic oxidation sites excluding steroid dienone is 1. The Morgan fingerprint density at radius 1 is 1.60 bits per heavy atom. The van der Waals surface area contributed by atoms with Crippen molar-refractivity contribution in [1.82, 2.24) is 9.80 Å². The van der Waals surface area contributed by atoms with Crippen molar-refractivity contribution in [2.75, 3.05) is 20.6 Å².